The standard InChI is InChI=1S/C22H32N4O3/c27-20(25-14-6-1-2-7-15-25)12-13-23-22(29)26-16-8-9-18(17-26)21(28)24-19-10-4-3-5-11-19/h3-5,10-11,18H,1-2,6-9,12-17H2,(H,23,29)(H,24,28). The first kappa shape index (κ1) is 21.1. The van der Waals surface area contributed by atoms with E-state index < -0.39 is 0 Å². The number of rotatable bonds is 5. The second-order valence-electron chi connectivity index (χ2n) is 7.92. The summed E-state index contributed by atoms with van der Waals surface area (Å²) in [6.45, 7) is 3.05. The highest BCUT2D eigenvalue weighted by Gasteiger charge is 2.28. The van der Waals surface area contributed by atoms with Crippen LogP contribution in [-0.4, -0.2) is 60.4 Å². The van der Waals surface area contributed by atoms with Crippen molar-refractivity contribution in [1.29, 1.82) is 0 Å². The van der Waals surface area contributed by atoms with Gasteiger partial charge in [0.1, 0.15) is 0 Å². The summed E-state index contributed by atoms with van der Waals surface area (Å²) in [6.07, 6.45) is 6.42. The lowest BCUT2D eigenvalue weighted by molar-refractivity contribution is -0.131. The molecule has 2 saturated heterocycles. The monoisotopic (exact) mass is 400 g/mol. The summed E-state index contributed by atoms with van der Waals surface area (Å²) < 4.78 is 0. The molecule has 0 aliphatic carbocycles. The maximum Gasteiger partial charge on any atom is 0.317 e. The first-order chi connectivity index (χ1) is 14.1. The molecular weight excluding hydrogens is 368 g/mol. The van der Waals surface area contributed by atoms with Gasteiger partial charge in [0, 0.05) is 44.8 Å². The van der Waals surface area contributed by atoms with Crippen LogP contribution in [0.5, 0.6) is 0 Å². The number of nitrogens with zero attached hydrogens (tertiary/aromatic N) is 2. The van der Waals surface area contributed by atoms with Crippen LogP contribution in [0.3, 0.4) is 0 Å². The lowest BCUT2D eigenvalue weighted by Gasteiger charge is -2.32. The molecule has 7 nitrogen and oxygen atoms in total. The zero-order valence-corrected chi connectivity index (χ0v) is 17.1. The Labute approximate surface area is 172 Å². The molecular formula is C22H32N4O3. The average Bonchev–Trinajstić information content (AvgIpc) is 3.04. The van der Waals surface area contributed by atoms with Gasteiger partial charge in [0.05, 0.1) is 5.92 Å². The van der Waals surface area contributed by atoms with Gasteiger partial charge in [0.25, 0.3) is 0 Å². The number of piperidine rings is 1. The number of hydrogen-bond acceptors (Lipinski definition) is 3. The highest BCUT2D eigenvalue weighted by Crippen LogP contribution is 2.19. The molecule has 29 heavy (non-hydrogen) atoms. The highest BCUT2D eigenvalue weighted by molar-refractivity contribution is 5.93. The topological polar surface area (TPSA) is 81.8 Å². The zero-order valence-electron chi connectivity index (χ0n) is 17.1. The van der Waals surface area contributed by atoms with Gasteiger partial charge in [-0.2, -0.15) is 0 Å². The molecule has 2 heterocycles. The highest BCUT2D eigenvalue weighted by atomic mass is 16.2. The van der Waals surface area contributed by atoms with Crippen molar-refractivity contribution in [3.8, 4) is 0 Å². The largest absolute Gasteiger partial charge is 0.343 e. The van der Waals surface area contributed by atoms with Crippen molar-refractivity contribution < 1.29 is 14.4 Å². The lowest BCUT2D eigenvalue weighted by Crippen LogP contribution is -2.48. The number of anilines is 1. The third-order valence-electron chi connectivity index (χ3n) is 5.69. The van der Waals surface area contributed by atoms with E-state index in [1.54, 1.807) is 4.90 Å². The van der Waals surface area contributed by atoms with E-state index in [0.717, 1.165) is 44.5 Å². The molecule has 2 N–H and O–H groups in total. The fourth-order valence-corrected chi connectivity index (χ4v) is 4.01. The quantitative estimate of drug-likeness (QED) is 0.797. The molecule has 1 aromatic rings. The molecule has 1 unspecified atom stereocenters. The molecule has 0 spiro atoms. The number of hydrogen-bond donors (Lipinski definition) is 2. The molecule has 158 valence electrons. The molecule has 0 radical (unpaired) electrons. The van der Waals surface area contributed by atoms with E-state index in [-0.39, 0.29) is 23.8 Å². The van der Waals surface area contributed by atoms with Crippen LogP contribution in [-0.2, 0) is 9.59 Å². The number of para-hydroxylation sites is 1. The Morgan fingerprint density at radius 2 is 1.59 bits per heavy atom. The first-order valence-corrected chi connectivity index (χ1v) is 10.8. The van der Waals surface area contributed by atoms with E-state index >= 15 is 0 Å². The van der Waals surface area contributed by atoms with Gasteiger partial charge in [-0.1, -0.05) is 31.0 Å². The van der Waals surface area contributed by atoms with Gasteiger partial charge < -0.3 is 20.4 Å². The van der Waals surface area contributed by atoms with Crippen LogP contribution >= 0.6 is 0 Å². The molecule has 0 saturated carbocycles. The lowest BCUT2D eigenvalue weighted by atomic mass is 9.97. The van der Waals surface area contributed by atoms with Crippen LogP contribution < -0.4 is 10.6 Å². The van der Waals surface area contributed by atoms with Crippen molar-refractivity contribution in [3.63, 3.8) is 0 Å². The predicted molar refractivity (Wildman–Crippen MR) is 112 cm³/mol. The third kappa shape index (κ3) is 6.48. The molecule has 3 rings (SSSR count). The molecule has 2 aliphatic heterocycles. The molecule has 0 aromatic heterocycles. The Hall–Kier alpha value is -2.57. The summed E-state index contributed by atoms with van der Waals surface area (Å²) in [5.74, 6) is -0.149. The number of benzene rings is 1. The Kier molecular flexibility index (Phi) is 7.90. The number of carbonyl (C=O) groups excluding carboxylic acids is 3. The fraction of sp³-hybridized carbons (Fsp3) is 0.591. The minimum Gasteiger partial charge on any atom is -0.343 e. The number of amides is 4. The van der Waals surface area contributed by atoms with Crippen molar-refractivity contribution >= 4 is 23.5 Å². The van der Waals surface area contributed by atoms with Crippen molar-refractivity contribution in [1.82, 2.24) is 15.1 Å². The first-order valence-electron chi connectivity index (χ1n) is 10.8. The number of carbonyl (C=O) groups is 3. The summed E-state index contributed by atoms with van der Waals surface area (Å²) in [4.78, 5) is 41.0. The van der Waals surface area contributed by atoms with Crippen LogP contribution in [0, 0.1) is 5.92 Å². The normalized spacial score (nSPS) is 19.9. The summed E-state index contributed by atoms with van der Waals surface area (Å²) in [6, 6.07) is 9.18. The summed E-state index contributed by atoms with van der Waals surface area (Å²) in [5.41, 5.74) is 0.770. The van der Waals surface area contributed by atoms with E-state index in [0.29, 0.717) is 26.1 Å². The second-order valence-corrected chi connectivity index (χ2v) is 7.92. The van der Waals surface area contributed by atoms with Crippen molar-refractivity contribution in [2.24, 2.45) is 5.92 Å². The molecule has 2 fully saturated rings. The van der Waals surface area contributed by atoms with Crippen molar-refractivity contribution in [2.45, 2.75) is 44.9 Å². The number of urea groups is 1. The summed E-state index contributed by atoms with van der Waals surface area (Å²) in [5, 5.41) is 5.78. The van der Waals surface area contributed by atoms with Crippen LogP contribution in [0.1, 0.15) is 44.9 Å². The van der Waals surface area contributed by atoms with E-state index in [2.05, 4.69) is 10.6 Å². The SMILES string of the molecule is O=C(Nc1ccccc1)C1CCCN(C(=O)NCCC(=O)N2CCCCCC2)C1. The van der Waals surface area contributed by atoms with Crippen LogP contribution in [0.2, 0.25) is 0 Å². The van der Waals surface area contributed by atoms with Gasteiger partial charge in [0.2, 0.25) is 11.8 Å². The predicted octanol–water partition coefficient (Wildman–Crippen LogP) is 2.84. The van der Waals surface area contributed by atoms with Crippen LogP contribution in [0.4, 0.5) is 10.5 Å². The third-order valence-corrected chi connectivity index (χ3v) is 5.69. The van der Waals surface area contributed by atoms with Gasteiger partial charge >= 0.3 is 6.03 Å². The van der Waals surface area contributed by atoms with E-state index in [1.807, 2.05) is 35.2 Å². The Morgan fingerprint density at radius 1 is 0.897 bits per heavy atom. The van der Waals surface area contributed by atoms with Gasteiger partial charge in [-0.05, 0) is 37.8 Å². The molecule has 2 aliphatic rings. The Bertz CT molecular complexity index is 687. The zero-order chi connectivity index (χ0) is 20.5. The van der Waals surface area contributed by atoms with Crippen molar-refractivity contribution in [3.05, 3.63) is 30.3 Å². The maximum absolute atomic E-state index is 12.5. The van der Waals surface area contributed by atoms with Gasteiger partial charge in [-0.25, -0.2) is 4.79 Å². The Balaban J connectivity index is 1.41. The molecule has 1 aromatic carbocycles. The smallest absolute Gasteiger partial charge is 0.317 e. The van der Waals surface area contributed by atoms with E-state index in [4.69, 9.17) is 0 Å². The molecule has 0 bridgehead atoms. The minimum atomic E-state index is -0.214. The van der Waals surface area contributed by atoms with Crippen LogP contribution in [0.25, 0.3) is 0 Å². The van der Waals surface area contributed by atoms with Gasteiger partial charge in [0.15, 0.2) is 0 Å². The molecule has 1 atom stereocenters. The fourth-order valence-electron chi connectivity index (χ4n) is 4.01. The summed E-state index contributed by atoms with van der Waals surface area (Å²) >= 11 is 0. The average molecular weight is 401 g/mol. The molecule has 7 heteroatoms. The summed E-state index contributed by atoms with van der Waals surface area (Å²) in [7, 11) is 0. The van der Waals surface area contributed by atoms with Gasteiger partial charge in [-0.3, -0.25) is 9.59 Å². The number of nitrogens with one attached hydrogen (secondary N) is 2. The second kappa shape index (κ2) is 10.8. The van der Waals surface area contributed by atoms with Crippen molar-refractivity contribution in [2.75, 3.05) is 38.0 Å². The maximum atomic E-state index is 12.5. The van der Waals surface area contributed by atoms with Crippen LogP contribution in [0.15, 0.2) is 30.3 Å². The molecule has 4 amide bonds. The van der Waals surface area contributed by atoms with E-state index in [1.165, 1.54) is 12.8 Å². The van der Waals surface area contributed by atoms with E-state index in [9.17, 15) is 14.4 Å². The Morgan fingerprint density at radius 3 is 2.31 bits per heavy atom. The number of likely N-dealkylation sites (tertiary alicyclic amines) is 2. The van der Waals surface area contributed by atoms with Gasteiger partial charge in [-0.15, -0.1) is 0 Å². The minimum absolute atomic E-state index is 0.0509.